The van der Waals surface area contributed by atoms with Crippen molar-refractivity contribution in [3.8, 4) is 17.6 Å². The number of amides is 1. The van der Waals surface area contributed by atoms with Crippen molar-refractivity contribution in [3.05, 3.63) is 50.9 Å². The van der Waals surface area contributed by atoms with Crippen molar-refractivity contribution in [1.29, 1.82) is 5.26 Å². The maximum Gasteiger partial charge on any atom is 0.285 e. The molecule has 0 bridgehead atoms. The molecule has 152 valence electrons. The summed E-state index contributed by atoms with van der Waals surface area (Å²) in [6, 6.07) is 7.22. The molecule has 8 nitrogen and oxygen atoms in total. The van der Waals surface area contributed by atoms with E-state index in [0.717, 1.165) is 10.2 Å². The number of fused-ring (bicyclic) bond motifs is 1. The molecular weight excluding hydrogens is 372 g/mol. The number of carbonyl (C=O) groups is 1. The van der Waals surface area contributed by atoms with E-state index in [2.05, 4.69) is 10.4 Å². The zero-order chi connectivity index (χ0) is 21.1. The van der Waals surface area contributed by atoms with Crippen LogP contribution in [-0.2, 0) is 11.3 Å². The zero-order valence-corrected chi connectivity index (χ0v) is 17.0. The van der Waals surface area contributed by atoms with Crippen molar-refractivity contribution in [1.82, 2.24) is 15.1 Å². The number of aromatic nitrogens is 2. The van der Waals surface area contributed by atoms with Gasteiger partial charge in [0.15, 0.2) is 11.5 Å². The quantitative estimate of drug-likeness (QED) is 0.829. The maximum absolute atomic E-state index is 12.7. The number of carbonyl (C=O) groups excluding carboxylic acids is 1. The number of nitriles is 1. The molecule has 0 aliphatic carbocycles. The minimum Gasteiger partial charge on any atom is -0.486 e. The fourth-order valence-electron chi connectivity index (χ4n) is 3.25. The van der Waals surface area contributed by atoms with Gasteiger partial charge < -0.3 is 14.8 Å². The van der Waals surface area contributed by atoms with Crippen LogP contribution in [0.1, 0.15) is 42.3 Å². The summed E-state index contributed by atoms with van der Waals surface area (Å²) in [5, 5.41) is 16.4. The molecule has 1 aromatic carbocycles. The van der Waals surface area contributed by atoms with Gasteiger partial charge in [-0.05, 0) is 43.0 Å². The number of hydrogen-bond acceptors (Lipinski definition) is 6. The largest absolute Gasteiger partial charge is 0.486 e. The molecule has 2 heterocycles. The van der Waals surface area contributed by atoms with Crippen LogP contribution in [0.2, 0.25) is 0 Å². The number of aryl methyl sites for hydroxylation is 1. The SMILES string of the molecule is Cc1nn(CC(=O)NC(c2ccc3c(c2)OCCO3)C(C)C)c(=O)c(C#N)c1C. The molecular formula is C21H24N4O4. The van der Waals surface area contributed by atoms with Gasteiger partial charge >= 0.3 is 0 Å². The van der Waals surface area contributed by atoms with Gasteiger partial charge in [0.25, 0.3) is 5.56 Å². The van der Waals surface area contributed by atoms with Crippen LogP contribution in [0, 0.1) is 31.1 Å². The molecule has 1 aliphatic heterocycles. The van der Waals surface area contributed by atoms with E-state index in [1.807, 2.05) is 38.1 Å². The molecule has 0 spiro atoms. The Hall–Kier alpha value is -3.34. The highest BCUT2D eigenvalue weighted by atomic mass is 16.6. The first-order chi connectivity index (χ1) is 13.8. The average Bonchev–Trinajstić information content (AvgIpc) is 2.70. The summed E-state index contributed by atoms with van der Waals surface area (Å²) in [7, 11) is 0. The second-order valence-corrected chi connectivity index (χ2v) is 7.35. The summed E-state index contributed by atoms with van der Waals surface area (Å²) >= 11 is 0. The van der Waals surface area contributed by atoms with Crippen LogP contribution in [0.4, 0.5) is 0 Å². The van der Waals surface area contributed by atoms with Crippen molar-refractivity contribution >= 4 is 5.91 Å². The van der Waals surface area contributed by atoms with Crippen molar-refractivity contribution < 1.29 is 14.3 Å². The van der Waals surface area contributed by atoms with Gasteiger partial charge in [-0.2, -0.15) is 10.4 Å². The lowest BCUT2D eigenvalue weighted by molar-refractivity contribution is -0.123. The summed E-state index contributed by atoms with van der Waals surface area (Å²) in [6.07, 6.45) is 0. The lowest BCUT2D eigenvalue weighted by atomic mass is 9.95. The van der Waals surface area contributed by atoms with Gasteiger partial charge in [-0.15, -0.1) is 0 Å². The zero-order valence-electron chi connectivity index (χ0n) is 17.0. The third-order valence-corrected chi connectivity index (χ3v) is 4.95. The smallest absolute Gasteiger partial charge is 0.285 e. The van der Waals surface area contributed by atoms with Gasteiger partial charge in [0.05, 0.1) is 11.7 Å². The number of nitrogens with one attached hydrogen (secondary N) is 1. The first-order valence-electron chi connectivity index (χ1n) is 9.49. The number of ether oxygens (including phenoxy) is 2. The minimum atomic E-state index is -0.564. The van der Waals surface area contributed by atoms with Crippen molar-refractivity contribution in [2.45, 2.75) is 40.3 Å². The Bertz CT molecular complexity index is 1040. The Morgan fingerprint density at radius 1 is 1.28 bits per heavy atom. The maximum atomic E-state index is 12.7. The van der Waals surface area contributed by atoms with Crippen LogP contribution in [0.15, 0.2) is 23.0 Å². The molecule has 1 N–H and O–H groups in total. The Morgan fingerprint density at radius 3 is 2.62 bits per heavy atom. The highest BCUT2D eigenvalue weighted by molar-refractivity contribution is 5.76. The standard InChI is InChI=1S/C21H24N4O4/c1-12(2)20(15-5-6-17-18(9-15)29-8-7-28-17)23-19(26)11-25-21(27)16(10-22)13(3)14(4)24-25/h5-6,9,12,20H,7-8,11H2,1-4H3,(H,23,26). The van der Waals surface area contributed by atoms with Crippen molar-refractivity contribution in [3.63, 3.8) is 0 Å². The third-order valence-electron chi connectivity index (χ3n) is 4.95. The van der Waals surface area contributed by atoms with Crippen LogP contribution < -0.4 is 20.3 Å². The van der Waals surface area contributed by atoms with Crippen LogP contribution in [0.3, 0.4) is 0 Å². The van der Waals surface area contributed by atoms with Crippen molar-refractivity contribution in [2.75, 3.05) is 13.2 Å². The number of benzene rings is 1. The van der Waals surface area contributed by atoms with E-state index in [0.29, 0.717) is 36.0 Å². The molecule has 3 rings (SSSR count). The van der Waals surface area contributed by atoms with Crippen molar-refractivity contribution in [2.24, 2.45) is 5.92 Å². The number of rotatable bonds is 5. The van der Waals surface area contributed by atoms with Gasteiger partial charge in [0.2, 0.25) is 5.91 Å². The molecule has 0 saturated carbocycles. The second kappa shape index (κ2) is 8.35. The fourth-order valence-corrected chi connectivity index (χ4v) is 3.25. The summed E-state index contributed by atoms with van der Waals surface area (Å²) in [6.45, 7) is 8.10. The summed E-state index contributed by atoms with van der Waals surface area (Å²) in [5.74, 6) is 1.07. The Labute approximate surface area is 169 Å². The lowest BCUT2D eigenvalue weighted by Gasteiger charge is -2.25. The van der Waals surface area contributed by atoms with Crippen LogP contribution in [-0.4, -0.2) is 28.9 Å². The number of hydrogen-bond donors (Lipinski definition) is 1. The fraction of sp³-hybridized carbons (Fsp3) is 0.429. The predicted octanol–water partition coefficient (Wildman–Crippen LogP) is 2.02. The van der Waals surface area contributed by atoms with Gasteiger partial charge in [-0.1, -0.05) is 19.9 Å². The van der Waals surface area contributed by atoms with Gasteiger partial charge in [-0.3, -0.25) is 9.59 Å². The van der Waals surface area contributed by atoms with E-state index in [1.165, 1.54) is 0 Å². The molecule has 1 aromatic heterocycles. The normalized spacial score (nSPS) is 13.7. The molecule has 1 atom stereocenters. The highest BCUT2D eigenvalue weighted by Crippen LogP contribution is 2.34. The first kappa shape index (κ1) is 20.4. The summed E-state index contributed by atoms with van der Waals surface area (Å²) < 4.78 is 12.2. The Kier molecular flexibility index (Phi) is 5.87. The third kappa shape index (κ3) is 4.24. The van der Waals surface area contributed by atoms with Gasteiger partial charge in [0.1, 0.15) is 31.4 Å². The molecule has 0 radical (unpaired) electrons. The van der Waals surface area contributed by atoms with E-state index < -0.39 is 5.56 Å². The van der Waals surface area contributed by atoms with Crippen LogP contribution >= 0.6 is 0 Å². The van der Waals surface area contributed by atoms with E-state index in [1.54, 1.807) is 13.8 Å². The summed E-state index contributed by atoms with van der Waals surface area (Å²) in [4.78, 5) is 25.1. The van der Waals surface area contributed by atoms with Gasteiger partial charge in [0, 0.05) is 0 Å². The Morgan fingerprint density at radius 2 is 1.97 bits per heavy atom. The molecule has 8 heteroatoms. The van der Waals surface area contributed by atoms with E-state index in [4.69, 9.17) is 9.47 Å². The van der Waals surface area contributed by atoms with Gasteiger partial charge in [-0.25, -0.2) is 4.68 Å². The number of nitrogens with zero attached hydrogens (tertiary/aromatic N) is 3. The van der Waals surface area contributed by atoms with E-state index >= 15 is 0 Å². The molecule has 1 unspecified atom stereocenters. The van der Waals surface area contributed by atoms with E-state index in [-0.39, 0.29) is 30.0 Å². The first-order valence-corrected chi connectivity index (χ1v) is 9.49. The molecule has 1 aliphatic rings. The predicted molar refractivity (Wildman–Crippen MR) is 106 cm³/mol. The lowest BCUT2D eigenvalue weighted by Crippen LogP contribution is -2.38. The highest BCUT2D eigenvalue weighted by Gasteiger charge is 2.22. The molecule has 2 aromatic rings. The van der Waals surface area contributed by atoms with E-state index in [9.17, 15) is 14.9 Å². The topological polar surface area (TPSA) is 106 Å². The van der Waals surface area contributed by atoms with Crippen LogP contribution in [0.25, 0.3) is 0 Å². The van der Waals surface area contributed by atoms with Crippen LogP contribution in [0.5, 0.6) is 11.5 Å². The molecule has 29 heavy (non-hydrogen) atoms. The Balaban J connectivity index is 1.82. The molecule has 1 amide bonds. The summed E-state index contributed by atoms with van der Waals surface area (Å²) in [5.41, 5.74) is 1.41. The average molecular weight is 396 g/mol. The monoisotopic (exact) mass is 396 g/mol. The second-order valence-electron chi connectivity index (χ2n) is 7.35. The minimum absolute atomic E-state index is 0.0116. The molecule has 0 saturated heterocycles. The molecule has 0 fully saturated rings.